The van der Waals surface area contributed by atoms with Gasteiger partial charge in [0.1, 0.15) is 12.1 Å². The molecule has 1 heterocycles. The first-order chi connectivity index (χ1) is 10.7. The first-order valence-corrected chi connectivity index (χ1v) is 11.3. The van der Waals surface area contributed by atoms with Crippen molar-refractivity contribution < 1.29 is 14.0 Å². The maximum atomic E-state index is 9.71. The zero-order valence-electron chi connectivity index (χ0n) is 14.6. The molecule has 0 radical (unpaired) electrons. The predicted molar refractivity (Wildman–Crippen MR) is 90.7 cm³/mol. The van der Waals surface area contributed by atoms with Gasteiger partial charge in [-0.15, -0.1) is 0 Å². The lowest BCUT2D eigenvalue weighted by molar-refractivity contribution is -0.168. The number of hydrogen-bond donors (Lipinski definition) is 0. The molecule has 1 saturated heterocycles. The minimum Gasteiger partial charge on any atom is -0.348 e. The summed E-state index contributed by atoms with van der Waals surface area (Å²) in [5.74, 6) is -0.655. The van der Waals surface area contributed by atoms with Gasteiger partial charge in [0.25, 0.3) is 0 Å². The number of hydrogen-bond acceptors (Lipinski definition) is 5. The molecule has 0 saturated carbocycles. The van der Waals surface area contributed by atoms with Crippen LogP contribution in [0.25, 0.3) is 0 Å². The molecule has 126 valence electrons. The Morgan fingerprint density at radius 1 is 1.35 bits per heavy atom. The molecule has 0 amide bonds. The largest absolute Gasteiger partial charge is 0.348 e. The topological polar surface area (TPSA) is 54.7 Å². The van der Waals surface area contributed by atoms with Crippen LogP contribution < -0.4 is 0 Å². The predicted octanol–water partition coefficient (Wildman–Crippen LogP) is 3.30. The van der Waals surface area contributed by atoms with E-state index in [1.165, 1.54) is 0 Å². The van der Waals surface area contributed by atoms with Crippen molar-refractivity contribution >= 4 is 8.32 Å². The summed E-state index contributed by atoms with van der Waals surface area (Å²) in [7, 11) is -1.86. The lowest BCUT2D eigenvalue weighted by Crippen LogP contribution is -2.48. The smallest absolute Gasteiger partial charge is 0.212 e. The Kier molecular flexibility index (Phi) is 5.60. The Balaban J connectivity index is 2.19. The summed E-state index contributed by atoms with van der Waals surface area (Å²) in [5, 5.41) is 11.5. The van der Waals surface area contributed by atoms with Gasteiger partial charge in [-0.1, -0.05) is 30.3 Å². The fraction of sp³-hybridized carbons (Fsp3) is 0.588. The highest BCUT2D eigenvalue weighted by Gasteiger charge is 2.41. The van der Waals surface area contributed by atoms with Crippen LogP contribution in [0.15, 0.2) is 30.3 Å². The van der Waals surface area contributed by atoms with Crippen molar-refractivity contribution in [3.05, 3.63) is 35.9 Å². The second kappa shape index (κ2) is 7.12. The first kappa shape index (κ1) is 18.1. The third-order valence-corrected chi connectivity index (χ3v) is 4.18. The number of nitrogens with zero attached hydrogens (tertiary/aromatic N) is 2. The Morgan fingerprint density at radius 3 is 2.48 bits per heavy atom. The van der Waals surface area contributed by atoms with E-state index >= 15 is 0 Å². The fourth-order valence-electron chi connectivity index (χ4n) is 2.51. The van der Waals surface area contributed by atoms with Crippen LogP contribution in [0.5, 0.6) is 0 Å². The second-order valence-electron chi connectivity index (χ2n) is 7.21. The summed E-state index contributed by atoms with van der Waals surface area (Å²) in [6.07, 6.45) is -0.324. The van der Waals surface area contributed by atoms with Gasteiger partial charge in [-0.2, -0.15) is 10.3 Å². The maximum absolute atomic E-state index is 9.71. The van der Waals surface area contributed by atoms with Gasteiger partial charge >= 0.3 is 0 Å². The summed E-state index contributed by atoms with van der Waals surface area (Å²) in [6, 6.07) is 11.9. The number of rotatable bonds is 6. The lowest BCUT2D eigenvalue weighted by atomic mass is 10.1. The summed E-state index contributed by atoms with van der Waals surface area (Å²) < 4.78 is 17.7. The monoisotopic (exact) mass is 334 g/mol. The number of hydroxylamine groups is 2. The fourth-order valence-corrected chi connectivity index (χ4v) is 3.39. The van der Waals surface area contributed by atoms with E-state index in [-0.39, 0.29) is 6.10 Å². The van der Waals surface area contributed by atoms with Gasteiger partial charge in [0.05, 0.1) is 12.7 Å². The number of benzene rings is 1. The van der Waals surface area contributed by atoms with E-state index < -0.39 is 20.1 Å². The molecule has 6 heteroatoms. The van der Waals surface area contributed by atoms with Crippen molar-refractivity contribution in [3.8, 4) is 6.07 Å². The molecule has 1 fully saturated rings. The molecule has 0 N–H and O–H groups in total. The van der Waals surface area contributed by atoms with Crippen molar-refractivity contribution in [1.29, 1.82) is 5.26 Å². The van der Waals surface area contributed by atoms with Crippen molar-refractivity contribution in [2.75, 3.05) is 6.61 Å². The molecule has 0 aliphatic carbocycles. The summed E-state index contributed by atoms with van der Waals surface area (Å²) in [6.45, 7) is 11.0. The highest BCUT2D eigenvalue weighted by atomic mass is 28.4. The molecule has 0 aromatic heterocycles. The molecule has 1 aromatic rings. The van der Waals surface area contributed by atoms with Crippen LogP contribution in [0, 0.1) is 11.3 Å². The van der Waals surface area contributed by atoms with Gasteiger partial charge in [0, 0.05) is 6.54 Å². The molecule has 2 rings (SSSR count). The molecule has 5 nitrogen and oxygen atoms in total. The normalized spacial score (nSPS) is 22.0. The van der Waals surface area contributed by atoms with Crippen molar-refractivity contribution in [3.63, 3.8) is 0 Å². The quantitative estimate of drug-likeness (QED) is 0.590. The molecule has 0 bridgehead atoms. The Labute approximate surface area is 139 Å². The average Bonchev–Trinajstić information content (AvgIpc) is 2.79. The Bertz CT molecular complexity index is 551. The molecule has 1 aromatic carbocycles. The van der Waals surface area contributed by atoms with Crippen LogP contribution in [-0.4, -0.2) is 37.9 Å². The minimum atomic E-state index is -1.86. The standard InChI is InChI=1S/C17H26N2O3Si/c1-17(2)20-13-16(21-17)15(11-18)19(22-23(3,4)5)12-14-9-7-6-8-10-14/h6-10,15-16H,12-13H2,1-5H3/t15-,16-/m1/s1. The molecular formula is C17H26N2O3Si. The number of ether oxygens (including phenoxy) is 2. The molecule has 23 heavy (non-hydrogen) atoms. The third-order valence-electron chi connectivity index (χ3n) is 3.40. The number of nitriles is 1. The third kappa shape index (κ3) is 5.41. The highest BCUT2D eigenvalue weighted by molar-refractivity contribution is 6.69. The van der Waals surface area contributed by atoms with Gasteiger partial charge in [-0.25, -0.2) is 0 Å². The van der Waals surface area contributed by atoms with Gasteiger partial charge in [-0.3, -0.25) is 0 Å². The van der Waals surface area contributed by atoms with Crippen molar-refractivity contribution in [2.24, 2.45) is 0 Å². The zero-order valence-corrected chi connectivity index (χ0v) is 15.6. The molecule has 1 aliphatic heterocycles. The summed E-state index contributed by atoms with van der Waals surface area (Å²) in [5.41, 5.74) is 1.10. The summed E-state index contributed by atoms with van der Waals surface area (Å²) >= 11 is 0. The first-order valence-electron chi connectivity index (χ1n) is 7.91. The zero-order chi connectivity index (χ0) is 17.1. The van der Waals surface area contributed by atoms with E-state index in [9.17, 15) is 5.26 Å². The van der Waals surface area contributed by atoms with E-state index in [0.717, 1.165) is 5.56 Å². The van der Waals surface area contributed by atoms with E-state index in [1.54, 1.807) is 5.06 Å². The van der Waals surface area contributed by atoms with Gasteiger partial charge in [0.15, 0.2) is 5.79 Å². The van der Waals surface area contributed by atoms with Crippen LogP contribution in [-0.2, 0) is 20.5 Å². The maximum Gasteiger partial charge on any atom is 0.212 e. The van der Waals surface area contributed by atoms with E-state index in [2.05, 4.69) is 25.7 Å². The van der Waals surface area contributed by atoms with Gasteiger partial charge < -0.3 is 14.0 Å². The van der Waals surface area contributed by atoms with Crippen LogP contribution in [0.2, 0.25) is 19.6 Å². The average molecular weight is 334 g/mol. The van der Waals surface area contributed by atoms with E-state index in [0.29, 0.717) is 13.2 Å². The molecule has 2 atom stereocenters. The Morgan fingerprint density at radius 2 is 2.00 bits per heavy atom. The second-order valence-corrected chi connectivity index (χ2v) is 11.6. The van der Waals surface area contributed by atoms with Crippen molar-refractivity contribution in [1.82, 2.24) is 5.06 Å². The molecule has 1 aliphatic rings. The van der Waals surface area contributed by atoms with Gasteiger partial charge in [-0.05, 0) is 39.1 Å². The highest BCUT2D eigenvalue weighted by Crippen LogP contribution is 2.27. The molecule has 0 unspecified atom stereocenters. The SMILES string of the molecule is CC1(C)OC[C@H]([C@@H](C#N)N(Cc2ccccc2)O[Si](C)(C)C)O1. The van der Waals surface area contributed by atoms with Crippen LogP contribution in [0.4, 0.5) is 0 Å². The van der Waals surface area contributed by atoms with Gasteiger partial charge in [0.2, 0.25) is 8.32 Å². The van der Waals surface area contributed by atoms with Crippen LogP contribution in [0.3, 0.4) is 0 Å². The minimum absolute atomic E-state index is 0.324. The van der Waals surface area contributed by atoms with Crippen LogP contribution in [0.1, 0.15) is 19.4 Å². The summed E-state index contributed by atoms with van der Waals surface area (Å²) in [4.78, 5) is 0. The lowest BCUT2D eigenvalue weighted by Gasteiger charge is -2.34. The van der Waals surface area contributed by atoms with E-state index in [1.807, 2.05) is 44.2 Å². The van der Waals surface area contributed by atoms with Crippen LogP contribution >= 0.6 is 0 Å². The molecular weight excluding hydrogens is 308 g/mol. The molecule has 0 spiro atoms. The van der Waals surface area contributed by atoms with Crippen molar-refractivity contribution in [2.45, 2.75) is 58.0 Å². The Hall–Kier alpha value is -1.23. The van der Waals surface area contributed by atoms with E-state index in [4.69, 9.17) is 14.0 Å².